The lowest BCUT2D eigenvalue weighted by Gasteiger charge is -2.53. The van der Waals surface area contributed by atoms with Crippen LogP contribution in [0.25, 0.3) is 17.1 Å². The van der Waals surface area contributed by atoms with Gasteiger partial charge in [-0.15, -0.1) is 0 Å². The molecule has 4 aliphatic carbocycles. The first-order chi connectivity index (χ1) is 19.9. The number of hydrogen-bond donors (Lipinski definition) is 5. The minimum atomic E-state index is -2.67. The maximum atomic E-state index is 14.0. The number of fused-ring (bicyclic) bond motifs is 3. The molecule has 1 aromatic carbocycles. The van der Waals surface area contributed by atoms with Crippen molar-refractivity contribution in [2.24, 2.45) is 29.4 Å². The number of aliphatic hydroxyl groups excluding tert-OH is 2. The van der Waals surface area contributed by atoms with Crippen LogP contribution < -0.4 is 5.73 Å². The predicted octanol–water partition coefficient (Wildman–Crippen LogP) is 2.51. The third kappa shape index (κ3) is 4.22. The Kier molecular flexibility index (Phi) is 7.06. The fourth-order valence-electron chi connectivity index (χ4n) is 8.14. The van der Waals surface area contributed by atoms with E-state index in [1.165, 1.54) is 38.2 Å². The fraction of sp³-hybridized carbons (Fsp3) is 0.531. The number of phenolic OH excluding ortho intramolecular Hbond substituents is 1. The zero-order chi connectivity index (χ0) is 30.1. The number of Topliss-reactive ketones (excluding diaryl/α,β-unsaturated/α-hetero) is 2. The van der Waals surface area contributed by atoms with Crippen LogP contribution in [0.3, 0.4) is 0 Å². The number of phenols is 1. The Morgan fingerprint density at radius 2 is 1.81 bits per heavy atom. The van der Waals surface area contributed by atoms with Gasteiger partial charge in [-0.05, 0) is 68.6 Å². The van der Waals surface area contributed by atoms with Gasteiger partial charge in [-0.2, -0.15) is 0 Å². The number of carbonyl (C=O) groups is 3. The van der Waals surface area contributed by atoms with Gasteiger partial charge in [-0.1, -0.05) is 32.1 Å². The lowest BCUT2D eigenvalue weighted by atomic mass is 9.54. The third-order valence-corrected chi connectivity index (χ3v) is 10.1. The van der Waals surface area contributed by atoms with E-state index in [9.17, 15) is 34.8 Å². The maximum Gasteiger partial charge on any atom is 0.230 e. The van der Waals surface area contributed by atoms with Crippen molar-refractivity contribution < 1.29 is 39.2 Å². The second-order valence-corrected chi connectivity index (χ2v) is 12.8. The Labute approximate surface area is 243 Å². The number of primary amides is 1. The van der Waals surface area contributed by atoms with Crippen molar-refractivity contribution in [1.29, 1.82) is 0 Å². The number of carbonyl (C=O) groups excluding carboxylic acids is 3. The van der Waals surface area contributed by atoms with Crippen LogP contribution in [0.4, 0.5) is 0 Å². The number of likely N-dealkylation sites (N-methyl/N-ethyl adjacent to an activating group) is 1. The second kappa shape index (κ2) is 10.4. The molecular formula is C32H38N2O8. The first-order valence-corrected chi connectivity index (χ1v) is 14.8. The molecule has 0 saturated heterocycles. The number of furan rings is 1. The van der Waals surface area contributed by atoms with E-state index in [2.05, 4.69) is 0 Å². The summed E-state index contributed by atoms with van der Waals surface area (Å²) in [5.74, 6) is -5.53. The van der Waals surface area contributed by atoms with Crippen LogP contribution in [0.2, 0.25) is 0 Å². The zero-order valence-electron chi connectivity index (χ0n) is 23.9. The molecule has 1 aromatic heterocycles. The minimum absolute atomic E-state index is 0.0540. The molecule has 1 heterocycles. The van der Waals surface area contributed by atoms with E-state index in [1.807, 2.05) is 12.1 Å². The summed E-state index contributed by atoms with van der Waals surface area (Å²) in [6.07, 6.45) is 5.71. The van der Waals surface area contributed by atoms with E-state index in [0.717, 1.165) is 12.2 Å². The van der Waals surface area contributed by atoms with Gasteiger partial charge >= 0.3 is 0 Å². The van der Waals surface area contributed by atoms with E-state index >= 15 is 0 Å². The average Bonchev–Trinajstić information content (AvgIpc) is 3.39. The molecule has 6 atom stereocenters. The molecule has 42 heavy (non-hydrogen) atoms. The number of nitrogens with two attached hydrogens (primary N) is 1. The van der Waals surface area contributed by atoms with Gasteiger partial charge < -0.3 is 35.5 Å². The summed E-state index contributed by atoms with van der Waals surface area (Å²) in [4.78, 5) is 41.3. The van der Waals surface area contributed by atoms with Crippen LogP contribution in [0, 0.1) is 23.7 Å². The minimum Gasteiger partial charge on any atom is -0.507 e. The molecule has 10 heteroatoms. The van der Waals surface area contributed by atoms with Crippen molar-refractivity contribution in [1.82, 2.24) is 4.90 Å². The lowest BCUT2D eigenvalue weighted by Crippen LogP contribution is -2.73. The third-order valence-electron chi connectivity index (χ3n) is 10.1. The van der Waals surface area contributed by atoms with Gasteiger partial charge in [0.2, 0.25) is 11.7 Å². The number of benzene rings is 1. The standard InChI is InChI=1S/C32H38N2O8/c1-34(2)26-20-14-16-13-19-18(22-11-8-17(42-22)12-15-6-4-3-5-7-15)9-10-21(35)24(19)27(36)23(16)29(38)32(20,41)30(39)25(28(26)37)31(33)40/h8-11,15-16,20,25-26,28,35-37,41H,3-7,12-14H2,1-2H3,(H2,33,40)/t16-,20-,25?,26-,28?,32-/m1/s1. The van der Waals surface area contributed by atoms with E-state index in [0.29, 0.717) is 22.8 Å². The van der Waals surface area contributed by atoms with Gasteiger partial charge in [0.1, 0.15) is 28.9 Å². The monoisotopic (exact) mass is 578 g/mol. The van der Waals surface area contributed by atoms with Gasteiger partial charge in [0.25, 0.3) is 0 Å². The van der Waals surface area contributed by atoms with Gasteiger partial charge in [-0.25, -0.2) is 0 Å². The molecule has 0 spiro atoms. The van der Waals surface area contributed by atoms with Gasteiger partial charge in [-0.3, -0.25) is 14.4 Å². The number of nitrogens with zero attached hydrogens (tertiary/aromatic N) is 1. The van der Waals surface area contributed by atoms with Crippen molar-refractivity contribution in [2.75, 3.05) is 14.1 Å². The molecule has 6 rings (SSSR count). The molecule has 2 unspecified atom stereocenters. The molecule has 6 N–H and O–H groups in total. The Morgan fingerprint density at radius 1 is 1.10 bits per heavy atom. The molecular weight excluding hydrogens is 540 g/mol. The van der Waals surface area contributed by atoms with Crippen LogP contribution >= 0.6 is 0 Å². The Morgan fingerprint density at radius 3 is 2.48 bits per heavy atom. The van der Waals surface area contributed by atoms with E-state index in [4.69, 9.17) is 10.2 Å². The van der Waals surface area contributed by atoms with E-state index < -0.39 is 58.7 Å². The first kappa shape index (κ1) is 28.6. The van der Waals surface area contributed by atoms with Crippen LogP contribution in [0.1, 0.15) is 55.4 Å². The second-order valence-electron chi connectivity index (χ2n) is 12.8. The largest absolute Gasteiger partial charge is 0.507 e. The summed E-state index contributed by atoms with van der Waals surface area (Å²) >= 11 is 0. The summed E-state index contributed by atoms with van der Waals surface area (Å²) in [7, 11) is 3.26. The van der Waals surface area contributed by atoms with Gasteiger partial charge in [0.15, 0.2) is 11.4 Å². The predicted molar refractivity (Wildman–Crippen MR) is 152 cm³/mol. The topological polar surface area (TPSA) is 175 Å². The van der Waals surface area contributed by atoms with Crippen LogP contribution in [0.5, 0.6) is 5.75 Å². The number of aliphatic hydroxyl groups is 3. The van der Waals surface area contributed by atoms with Gasteiger partial charge in [0, 0.05) is 29.5 Å². The Hall–Kier alpha value is -3.47. The lowest BCUT2D eigenvalue weighted by molar-refractivity contribution is -0.184. The molecule has 2 aromatic rings. The highest BCUT2D eigenvalue weighted by atomic mass is 16.3. The number of ketones is 2. The van der Waals surface area contributed by atoms with Crippen molar-refractivity contribution in [3.8, 4) is 17.1 Å². The molecule has 0 aliphatic heterocycles. The zero-order valence-corrected chi connectivity index (χ0v) is 23.9. The number of aromatic hydroxyl groups is 1. The number of hydrogen-bond acceptors (Lipinski definition) is 9. The van der Waals surface area contributed by atoms with Crippen LogP contribution in [0.15, 0.2) is 34.3 Å². The molecule has 3 saturated carbocycles. The first-order valence-electron chi connectivity index (χ1n) is 14.8. The molecule has 10 nitrogen and oxygen atoms in total. The SMILES string of the molecule is CN(C)[C@H]1C(O)C(C(N)=O)C(=O)[C@]2(O)C(=O)C3=C(O)c4c(O)ccc(-c5ccc(CC6CCCCC6)o5)c4C[C@@H]3C[C@H]12. The summed E-state index contributed by atoms with van der Waals surface area (Å²) in [5, 5.41) is 45.1. The molecule has 4 aliphatic rings. The molecule has 0 radical (unpaired) electrons. The smallest absolute Gasteiger partial charge is 0.230 e. The highest BCUT2D eigenvalue weighted by molar-refractivity contribution is 6.25. The summed E-state index contributed by atoms with van der Waals surface area (Å²) in [5.41, 5.74) is 3.92. The molecule has 3 fully saturated rings. The quantitative estimate of drug-likeness (QED) is 0.334. The number of amides is 1. The van der Waals surface area contributed by atoms with Crippen molar-refractivity contribution in [3.63, 3.8) is 0 Å². The van der Waals surface area contributed by atoms with E-state index in [-0.39, 0.29) is 29.7 Å². The summed E-state index contributed by atoms with van der Waals surface area (Å²) in [6, 6.07) is 6.06. The Bertz CT molecular complexity index is 1490. The molecule has 224 valence electrons. The fourth-order valence-corrected chi connectivity index (χ4v) is 8.14. The van der Waals surface area contributed by atoms with Crippen molar-refractivity contribution >= 4 is 23.2 Å². The normalized spacial score (nSPS) is 31.6. The van der Waals surface area contributed by atoms with Crippen LogP contribution in [-0.4, -0.2) is 74.6 Å². The summed E-state index contributed by atoms with van der Waals surface area (Å²) < 4.78 is 6.27. The summed E-state index contributed by atoms with van der Waals surface area (Å²) in [6.45, 7) is 0. The van der Waals surface area contributed by atoms with Crippen molar-refractivity contribution in [3.05, 3.63) is 46.7 Å². The molecule has 0 bridgehead atoms. The van der Waals surface area contributed by atoms with Gasteiger partial charge in [0.05, 0.1) is 11.7 Å². The highest BCUT2D eigenvalue weighted by Gasteiger charge is 2.67. The van der Waals surface area contributed by atoms with Crippen molar-refractivity contribution in [2.45, 2.75) is 69.1 Å². The van der Waals surface area contributed by atoms with Crippen LogP contribution in [-0.2, 0) is 27.2 Å². The maximum absolute atomic E-state index is 14.0. The van der Waals surface area contributed by atoms with E-state index in [1.54, 1.807) is 25.1 Å². The Balaban J connectivity index is 1.42. The average molecular weight is 579 g/mol. The highest BCUT2D eigenvalue weighted by Crippen LogP contribution is 2.53. The molecule has 1 amide bonds. The number of rotatable bonds is 5.